The molecule has 3 aromatic rings. The van der Waals surface area contributed by atoms with Crippen molar-refractivity contribution in [3.63, 3.8) is 0 Å². The van der Waals surface area contributed by atoms with Crippen molar-refractivity contribution in [2.75, 3.05) is 13.2 Å². The highest BCUT2D eigenvalue weighted by atomic mass is 16.6. The molecule has 0 saturated heterocycles. The van der Waals surface area contributed by atoms with Gasteiger partial charge in [0.05, 0.1) is 6.61 Å². The molecule has 3 N–H and O–H groups in total. The molecule has 1 amide bonds. The highest BCUT2D eigenvalue weighted by Gasteiger charge is 2.50. The topological polar surface area (TPSA) is 118 Å². The van der Waals surface area contributed by atoms with Gasteiger partial charge < -0.3 is 19.3 Å². The zero-order valence-corrected chi connectivity index (χ0v) is 24.1. The number of aliphatic hydroxyl groups is 1. The first-order chi connectivity index (χ1) is 19.6. The van der Waals surface area contributed by atoms with Crippen molar-refractivity contribution < 1.29 is 28.9 Å². The van der Waals surface area contributed by atoms with Crippen molar-refractivity contribution in [3.05, 3.63) is 77.9 Å². The van der Waals surface area contributed by atoms with E-state index in [0.717, 1.165) is 16.3 Å². The van der Waals surface area contributed by atoms with Gasteiger partial charge in [0.1, 0.15) is 17.5 Å². The molecule has 1 aliphatic rings. The Hall–Kier alpha value is -3.95. The summed E-state index contributed by atoms with van der Waals surface area (Å²) in [6.07, 6.45) is 0.00548. The molecular weight excluding hydrogens is 522 g/mol. The lowest BCUT2D eigenvalue weighted by atomic mass is 9.88. The fraction of sp³-hybridized carbons (Fsp3) is 0.406. The summed E-state index contributed by atoms with van der Waals surface area (Å²) < 4.78 is 17.2. The normalized spacial score (nSPS) is 18.5. The Morgan fingerprint density at radius 1 is 1.05 bits per heavy atom. The predicted octanol–water partition coefficient (Wildman–Crippen LogP) is 4.45. The van der Waals surface area contributed by atoms with E-state index in [1.807, 2.05) is 42.5 Å². The van der Waals surface area contributed by atoms with Crippen LogP contribution in [0, 0.1) is 0 Å². The molecule has 0 bridgehead atoms. The Labute approximate surface area is 240 Å². The first kappa shape index (κ1) is 30.0. The van der Waals surface area contributed by atoms with Gasteiger partial charge in [-0.25, -0.2) is 10.4 Å². The number of carbonyl (C=O) groups excluding carboxylic acids is 2. The van der Waals surface area contributed by atoms with Gasteiger partial charge in [-0.15, -0.1) is 0 Å². The van der Waals surface area contributed by atoms with Gasteiger partial charge in [0, 0.05) is 31.6 Å². The highest BCUT2D eigenvalue weighted by molar-refractivity contribution is 6.00. The summed E-state index contributed by atoms with van der Waals surface area (Å²) in [5.74, 6) is 0.162. The van der Waals surface area contributed by atoms with Crippen LogP contribution in [0.25, 0.3) is 10.8 Å². The SMILES string of the molecule is C[C@@H]1OC(c2ccc(OCCCO)cc2)=N[C@]1(CCC(=O)OC(C)(C)C)C(=O)NNCc1cccc2ccccc12. The number of ether oxygens (including phenoxy) is 3. The number of aliphatic imine (C=N–C) groups is 1. The third-order valence-corrected chi connectivity index (χ3v) is 6.82. The first-order valence-corrected chi connectivity index (χ1v) is 13.9. The summed E-state index contributed by atoms with van der Waals surface area (Å²) in [4.78, 5) is 31.2. The van der Waals surface area contributed by atoms with E-state index in [9.17, 15) is 9.59 Å². The molecule has 0 unspecified atom stereocenters. The van der Waals surface area contributed by atoms with E-state index < -0.39 is 29.1 Å². The standard InChI is InChI=1S/C32H39N3O6/c1-22-32(18-17-28(37)41-31(2,3)4,34-29(40-22)24-13-15-26(16-14-24)39-20-8-19-36)30(38)35-33-21-25-11-7-10-23-9-5-6-12-27(23)25/h5-7,9-16,22,33,36H,8,17-21H2,1-4H3,(H,35,38)/t22-,32-/m0/s1. The Morgan fingerprint density at radius 3 is 2.51 bits per heavy atom. The molecule has 0 aliphatic carbocycles. The van der Waals surface area contributed by atoms with E-state index in [1.54, 1.807) is 52.0 Å². The summed E-state index contributed by atoms with van der Waals surface area (Å²) in [5, 5.41) is 11.2. The van der Waals surface area contributed by atoms with Crippen molar-refractivity contribution in [3.8, 4) is 5.75 Å². The summed E-state index contributed by atoms with van der Waals surface area (Å²) in [7, 11) is 0. The van der Waals surface area contributed by atoms with Crippen LogP contribution >= 0.6 is 0 Å². The first-order valence-electron chi connectivity index (χ1n) is 13.9. The molecule has 0 saturated carbocycles. The van der Waals surface area contributed by atoms with Crippen LogP contribution in [0.1, 0.15) is 58.1 Å². The zero-order valence-electron chi connectivity index (χ0n) is 24.1. The minimum Gasteiger partial charge on any atom is -0.494 e. The molecule has 41 heavy (non-hydrogen) atoms. The van der Waals surface area contributed by atoms with Crippen molar-refractivity contribution in [1.29, 1.82) is 0 Å². The van der Waals surface area contributed by atoms with Crippen molar-refractivity contribution >= 4 is 28.5 Å². The van der Waals surface area contributed by atoms with Gasteiger partial charge in [-0.1, -0.05) is 42.5 Å². The van der Waals surface area contributed by atoms with Crippen LogP contribution in [0.2, 0.25) is 0 Å². The van der Waals surface area contributed by atoms with Crippen molar-refractivity contribution in [2.24, 2.45) is 4.99 Å². The van der Waals surface area contributed by atoms with E-state index in [-0.39, 0.29) is 19.4 Å². The molecule has 9 heteroatoms. The predicted molar refractivity (Wildman–Crippen MR) is 157 cm³/mol. The van der Waals surface area contributed by atoms with Crippen LogP contribution in [0.15, 0.2) is 71.7 Å². The Morgan fingerprint density at radius 2 is 1.78 bits per heavy atom. The highest BCUT2D eigenvalue weighted by Crippen LogP contribution is 2.34. The van der Waals surface area contributed by atoms with Gasteiger partial charge in [0.15, 0.2) is 5.54 Å². The Balaban J connectivity index is 1.52. The third-order valence-electron chi connectivity index (χ3n) is 6.82. The average molecular weight is 562 g/mol. The smallest absolute Gasteiger partial charge is 0.306 e. The van der Waals surface area contributed by atoms with Crippen LogP contribution in [0.3, 0.4) is 0 Å². The summed E-state index contributed by atoms with van der Waals surface area (Å²) in [6, 6.07) is 21.3. The van der Waals surface area contributed by atoms with E-state index in [2.05, 4.69) is 10.9 Å². The molecule has 1 heterocycles. The fourth-order valence-electron chi connectivity index (χ4n) is 4.71. The zero-order chi connectivity index (χ0) is 29.5. The summed E-state index contributed by atoms with van der Waals surface area (Å²) >= 11 is 0. The number of hydrogen-bond acceptors (Lipinski definition) is 8. The molecule has 2 atom stereocenters. The van der Waals surface area contributed by atoms with Gasteiger partial charge in [-0.3, -0.25) is 15.0 Å². The molecule has 0 radical (unpaired) electrons. The van der Waals surface area contributed by atoms with Crippen LogP contribution in [-0.2, 0) is 25.6 Å². The van der Waals surface area contributed by atoms with Crippen molar-refractivity contribution in [1.82, 2.24) is 10.9 Å². The van der Waals surface area contributed by atoms with E-state index in [4.69, 9.17) is 24.3 Å². The third kappa shape index (κ3) is 7.62. The lowest BCUT2D eigenvalue weighted by Crippen LogP contribution is -2.54. The largest absolute Gasteiger partial charge is 0.494 e. The van der Waals surface area contributed by atoms with Gasteiger partial charge in [0.25, 0.3) is 5.91 Å². The molecule has 0 fully saturated rings. The number of nitrogens with zero attached hydrogens (tertiary/aromatic N) is 1. The number of fused-ring (bicyclic) bond motifs is 1. The minimum atomic E-state index is -1.35. The number of rotatable bonds is 12. The second-order valence-electron chi connectivity index (χ2n) is 11.1. The lowest BCUT2D eigenvalue weighted by Gasteiger charge is -2.28. The number of aliphatic hydroxyl groups excluding tert-OH is 1. The molecule has 1 aliphatic heterocycles. The number of nitrogens with one attached hydrogen (secondary N) is 2. The number of benzene rings is 3. The van der Waals surface area contributed by atoms with Crippen LogP contribution in [0.5, 0.6) is 5.75 Å². The van der Waals surface area contributed by atoms with E-state index in [0.29, 0.717) is 36.8 Å². The molecule has 3 aromatic carbocycles. The van der Waals surface area contributed by atoms with E-state index in [1.165, 1.54) is 0 Å². The van der Waals surface area contributed by atoms with E-state index >= 15 is 0 Å². The maximum atomic E-state index is 13.8. The molecule has 4 rings (SSSR count). The maximum Gasteiger partial charge on any atom is 0.306 e. The minimum absolute atomic E-state index is 0.00384. The average Bonchev–Trinajstić information content (AvgIpc) is 3.28. The molecule has 0 aromatic heterocycles. The molecular formula is C32H39N3O6. The number of hydrazine groups is 1. The van der Waals surface area contributed by atoms with Gasteiger partial charge in [-0.2, -0.15) is 0 Å². The Kier molecular flexibility index (Phi) is 9.62. The number of carbonyl (C=O) groups is 2. The summed E-state index contributed by atoms with van der Waals surface area (Å²) in [6.45, 7) is 8.06. The maximum absolute atomic E-state index is 13.8. The molecule has 0 spiro atoms. The quantitative estimate of drug-likeness (QED) is 0.170. The van der Waals surface area contributed by atoms with Gasteiger partial charge in [0.2, 0.25) is 5.90 Å². The Bertz CT molecular complexity index is 1380. The van der Waals surface area contributed by atoms with Crippen LogP contribution < -0.4 is 15.6 Å². The van der Waals surface area contributed by atoms with Crippen LogP contribution in [0.4, 0.5) is 0 Å². The monoisotopic (exact) mass is 561 g/mol. The van der Waals surface area contributed by atoms with Crippen molar-refractivity contribution in [2.45, 2.75) is 70.7 Å². The second kappa shape index (κ2) is 13.1. The summed E-state index contributed by atoms with van der Waals surface area (Å²) in [5.41, 5.74) is 5.60. The van der Waals surface area contributed by atoms with Gasteiger partial charge in [-0.05, 0) is 74.7 Å². The second-order valence-corrected chi connectivity index (χ2v) is 11.1. The number of amides is 1. The molecule has 218 valence electrons. The number of hydrogen-bond donors (Lipinski definition) is 3. The van der Waals surface area contributed by atoms with Gasteiger partial charge >= 0.3 is 5.97 Å². The molecule has 9 nitrogen and oxygen atoms in total. The lowest BCUT2D eigenvalue weighted by molar-refractivity contribution is -0.155. The number of esters is 1. The van der Waals surface area contributed by atoms with Crippen LogP contribution in [-0.4, -0.2) is 53.3 Å². The fourth-order valence-corrected chi connectivity index (χ4v) is 4.71.